The molecule has 0 bridgehead atoms. The largest absolute Gasteiger partial charge is 0.496 e. The van der Waals surface area contributed by atoms with Crippen LogP contribution in [0.25, 0.3) is 11.0 Å². The number of alkyl halides is 1. The van der Waals surface area contributed by atoms with Crippen molar-refractivity contribution >= 4 is 34.4 Å². The van der Waals surface area contributed by atoms with Crippen LogP contribution in [0.15, 0.2) is 30.5 Å². The summed E-state index contributed by atoms with van der Waals surface area (Å²) in [6, 6.07) is 7.87. The Hall–Kier alpha value is -2.47. The summed E-state index contributed by atoms with van der Waals surface area (Å²) >= 11 is 5.94. The molecule has 3 N–H and O–H groups in total. The van der Waals surface area contributed by atoms with Gasteiger partial charge in [-0.1, -0.05) is 6.07 Å². The number of fused-ring (bicyclic) bond motifs is 1. The molecule has 0 aliphatic carbocycles. The Morgan fingerprint density at radius 1 is 1.30 bits per heavy atom. The highest BCUT2D eigenvalue weighted by atomic mass is 35.5. The highest BCUT2D eigenvalue weighted by Gasteiger charge is 2.12. The molecule has 1 aromatic carbocycles. The zero-order chi connectivity index (χ0) is 16.4. The fourth-order valence-corrected chi connectivity index (χ4v) is 2.82. The van der Waals surface area contributed by atoms with Gasteiger partial charge in [-0.05, 0) is 23.8 Å². The molecule has 0 aliphatic rings. The van der Waals surface area contributed by atoms with Gasteiger partial charge in [-0.2, -0.15) is 4.98 Å². The molecule has 120 valence electrons. The third-order valence-electron chi connectivity index (χ3n) is 3.70. The molecule has 0 aliphatic heterocycles. The molecule has 23 heavy (non-hydrogen) atoms. The average Bonchev–Trinajstić information content (AvgIpc) is 2.96. The summed E-state index contributed by atoms with van der Waals surface area (Å²) in [5.41, 5.74) is 9.54. The number of aromatic nitrogens is 3. The van der Waals surface area contributed by atoms with E-state index in [1.54, 1.807) is 7.11 Å². The second-order valence-corrected chi connectivity index (χ2v) is 5.40. The summed E-state index contributed by atoms with van der Waals surface area (Å²) in [5, 5.41) is 3.07. The van der Waals surface area contributed by atoms with Crippen molar-refractivity contribution in [3.05, 3.63) is 41.6 Å². The third kappa shape index (κ3) is 2.90. The van der Waals surface area contributed by atoms with E-state index < -0.39 is 0 Å². The van der Waals surface area contributed by atoms with Crippen molar-refractivity contribution < 1.29 is 4.74 Å². The lowest BCUT2D eigenvalue weighted by Gasteiger charge is -2.13. The van der Waals surface area contributed by atoms with E-state index in [0.29, 0.717) is 18.2 Å². The third-order valence-corrected chi connectivity index (χ3v) is 4.01. The van der Waals surface area contributed by atoms with Crippen molar-refractivity contribution in [2.75, 3.05) is 25.2 Å². The lowest BCUT2D eigenvalue weighted by Crippen LogP contribution is -2.06. The van der Waals surface area contributed by atoms with Crippen molar-refractivity contribution in [1.82, 2.24) is 14.5 Å². The Labute approximate surface area is 139 Å². The van der Waals surface area contributed by atoms with Crippen molar-refractivity contribution in [2.45, 2.75) is 12.4 Å². The number of nitrogens with one attached hydrogen (secondary N) is 1. The summed E-state index contributed by atoms with van der Waals surface area (Å²) in [6.45, 7) is 0.624. The molecule has 0 radical (unpaired) electrons. The van der Waals surface area contributed by atoms with Crippen LogP contribution in [0.3, 0.4) is 0 Å². The summed E-state index contributed by atoms with van der Waals surface area (Å²) in [7, 11) is 3.48. The van der Waals surface area contributed by atoms with Gasteiger partial charge in [0, 0.05) is 24.7 Å². The number of hydrogen-bond acceptors (Lipinski definition) is 5. The number of anilines is 2. The number of rotatable bonds is 5. The Morgan fingerprint density at radius 3 is 2.83 bits per heavy atom. The lowest BCUT2D eigenvalue weighted by molar-refractivity contribution is 0.408. The van der Waals surface area contributed by atoms with Crippen molar-refractivity contribution in [2.24, 2.45) is 0 Å². The molecule has 3 rings (SSSR count). The zero-order valence-corrected chi connectivity index (χ0v) is 13.8. The standard InChI is InChI=1S/C16H18ClN5O/c1-19-15-14-12(20-16(18)21-15)5-6-22(14)9-11-7-10(8-17)3-4-13(11)23-2/h3-7H,8-9H2,1-2H3,(H3,18,19,20,21). The van der Waals surface area contributed by atoms with Crippen molar-refractivity contribution in [3.8, 4) is 5.75 Å². The maximum Gasteiger partial charge on any atom is 0.222 e. The lowest BCUT2D eigenvalue weighted by atomic mass is 10.1. The van der Waals surface area contributed by atoms with E-state index in [2.05, 4.69) is 25.9 Å². The maximum atomic E-state index is 5.94. The molecule has 0 atom stereocenters. The molecule has 6 nitrogen and oxygen atoms in total. The number of hydrogen-bond donors (Lipinski definition) is 2. The van der Waals surface area contributed by atoms with Gasteiger partial charge in [0.15, 0.2) is 5.82 Å². The molecule has 0 amide bonds. The van der Waals surface area contributed by atoms with Crippen LogP contribution in [0, 0.1) is 0 Å². The number of ether oxygens (including phenoxy) is 1. The first-order valence-electron chi connectivity index (χ1n) is 7.18. The van der Waals surface area contributed by atoms with Crippen LogP contribution in [0.1, 0.15) is 11.1 Å². The Balaban J connectivity index is 2.09. The first-order chi connectivity index (χ1) is 11.2. The van der Waals surface area contributed by atoms with Crippen LogP contribution in [-0.4, -0.2) is 28.7 Å². The molecule has 7 heteroatoms. The van der Waals surface area contributed by atoms with Crippen LogP contribution >= 0.6 is 11.6 Å². The van der Waals surface area contributed by atoms with Gasteiger partial charge < -0.3 is 20.4 Å². The molecular formula is C16H18ClN5O. The highest BCUT2D eigenvalue weighted by Crippen LogP contribution is 2.26. The molecule has 3 aromatic rings. The van der Waals surface area contributed by atoms with Gasteiger partial charge in [0.2, 0.25) is 5.95 Å². The summed E-state index contributed by atoms with van der Waals surface area (Å²) in [4.78, 5) is 8.53. The number of halogens is 1. The van der Waals surface area contributed by atoms with Gasteiger partial charge in [-0.15, -0.1) is 11.6 Å². The molecule has 2 heterocycles. The predicted molar refractivity (Wildman–Crippen MR) is 93.1 cm³/mol. The smallest absolute Gasteiger partial charge is 0.222 e. The van der Waals surface area contributed by atoms with Gasteiger partial charge in [0.05, 0.1) is 19.2 Å². The monoisotopic (exact) mass is 331 g/mol. The van der Waals surface area contributed by atoms with E-state index >= 15 is 0 Å². The van der Waals surface area contributed by atoms with E-state index in [1.807, 2.05) is 31.4 Å². The van der Waals surface area contributed by atoms with Crippen molar-refractivity contribution in [1.29, 1.82) is 0 Å². The second kappa shape index (κ2) is 6.34. The molecule has 0 saturated heterocycles. The fourth-order valence-electron chi connectivity index (χ4n) is 2.65. The first-order valence-corrected chi connectivity index (χ1v) is 7.71. The minimum atomic E-state index is 0.251. The number of benzene rings is 1. The van der Waals surface area contributed by atoms with Crippen LogP contribution in [-0.2, 0) is 12.4 Å². The summed E-state index contributed by atoms with van der Waals surface area (Å²) in [6.07, 6.45) is 1.96. The quantitative estimate of drug-likeness (QED) is 0.703. The molecule has 0 spiro atoms. The molecular weight excluding hydrogens is 314 g/mol. The van der Waals surface area contributed by atoms with Gasteiger partial charge in [-0.3, -0.25) is 0 Å². The molecule has 0 fully saturated rings. The molecule has 0 unspecified atom stereocenters. The average molecular weight is 332 g/mol. The SMILES string of the molecule is CNc1nc(N)nc2ccn(Cc3cc(CCl)ccc3OC)c12. The van der Waals surface area contributed by atoms with Crippen LogP contribution in [0.4, 0.5) is 11.8 Å². The second-order valence-electron chi connectivity index (χ2n) is 5.14. The number of nitrogens with zero attached hydrogens (tertiary/aromatic N) is 3. The van der Waals surface area contributed by atoms with Crippen molar-refractivity contribution in [3.63, 3.8) is 0 Å². The molecule has 0 saturated carbocycles. The predicted octanol–water partition coefficient (Wildman–Crippen LogP) is 2.85. The topological polar surface area (TPSA) is 78.0 Å². The van der Waals surface area contributed by atoms with E-state index in [0.717, 1.165) is 27.9 Å². The van der Waals surface area contributed by atoms with Crippen LogP contribution < -0.4 is 15.8 Å². The number of nitrogen functional groups attached to an aromatic ring is 1. The molecule has 2 aromatic heterocycles. The highest BCUT2D eigenvalue weighted by molar-refractivity contribution is 6.17. The van der Waals surface area contributed by atoms with E-state index in [-0.39, 0.29) is 5.95 Å². The van der Waals surface area contributed by atoms with Gasteiger partial charge >= 0.3 is 0 Å². The minimum Gasteiger partial charge on any atom is -0.496 e. The number of nitrogens with two attached hydrogens (primary N) is 1. The van der Waals surface area contributed by atoms with Gasteiger partial charge in [0.1, 0.15) is 11.3 Å². The summed E-state index contributed by atoms with van der Waals surface area (Å²) in [5.74, 6) is 2.24. The Bertz CT molecular complexity index is 846. The zero-order valence-electron chi connectivity index (χ0n) is 13.0. The normalized spacial score (nSPS) is 10.9. The number of methoxy groups -OCH3 is 1. The van der Waals surface area contributed by atoms with Gasteiger partial charge in [-0.25, -0.2) is 4.98 Å². The minimum absolute atomic E-state index is 0.251. The Kier molecular flexibility index (Phi) is 4.25. The van der Waals surface area contributed by atoms with E-state index in [9.17, 15) is 0 Å². The fraction of sp³-hybridized carbons (Fsp3) is 0.250. The maximum absolute atomic E-state index is 5.94. The van der Waals surface area contributed by atoms with Gasteiger partial charge in [0.25, 0.3) is 0 Å². The van der Waals surface area contributed by atoms with Crippen LogP contribution in [0.5, 0.6) is 5.75 Å². The van der Waals surface area contributed by atoms with E-state index in [1.165, 1.54) is 0 Å². The first kappa shape index (κ1) is 15.4. The van der Waals surface area contributed by atoms with E-state index in [4.69, 9.17) is 22.1 Å². The van der Waals surface area contributed by atoms with Crippen LogP contribution in [0.2, 0.25) is 0 Å². The summed E-state index contributed by atoms with van der Waals surface area (Å²) < 4.78 is 7.52. The Morgan fingerprint density at radius 2 is 2.13 bits per heavy atom.